The van der Waals surface area contributed by atoms with Crippen molar-refractivity contribution in [3.8, 4) is 0 Å². The summed E-state index contributed by atoms with van der Waals surface area (Å²) in [5, 5.41) is 2.82. The highest BCUT2D eigenvalue weighted by atomic mass is 16.6. The lowest BCUT2D eigenvalue weighted by Crippen LogP contribution is -2.35. The second kappa shape index (κ2) is 4.58. The van der Waals surface area contributed by atoms with Gasteiger partial charge in [0.15, 0.2) is 0 Å². The van der Waals surface area contributed by atoms with Gasteiger partial charge in [0, 0.05) is 17.8 Å². The minimum absolute atomic E-state index is 0.0924. The van der Waals surface area contributed by atoms with E-state index in [1.165, 1.54) is 6.07 Å². The smallest absolute Gasteiger partial charge is 0.408 e. The van der Waals surface area contributed by atoms with Crippen LogP contribution in [-0.2, 0) is 11.3 Å². The minimum Gasteiger partial charge on any atom is -0.444 e. The van der Waals surface area contributed by atoms with Crippen molar-refractivity contribution in [2.45, 2.75) is 39.0 Å². The van der Waals surface area contributed by atoms with E-state index in [1.807, 2.05) is 26.8 Å². The summed E-state index contributed by atoms with van der Waals surface area (Å²) in [5.41, 5.74) is 1.78. The maximum atomic E-state index is 11.9. The summed E-state index contributed by atoms with van der Waals surface area (Å²) in [5.74, 6) is 0. The molecule has 0 saturated carbocycles. The predicted molar refractivity (Wildman–Crippen MR) is 78.1 cm³/mol. The van der Waals surface area contributed by atoms with Gasteiger partial charge >= 0.3 is 6.09 Å². The molecular weight excluding hydrogens is 270 g/mol. The molecule has 110 valence electrons. The Kier molecular flexibility index (Phi) is 2.97. The highest BCUT2D eigenvalue weighted by Crippen LogP contribution is 2.29. The molecule has 3 heterocycles. The van der Waals surface area contributed by atoms with Crippen LogP contribution in [0.25, 0.3) is 11.0 Å². The number of nitrogens with one attached hydrogen (secondary N) is 1. The van der Waals surface area contributed by atoms with Crippen LogP contribution in [0.4, 0.5) is 4.79 Å². The molecule has 3 rings (SSSR count). The number of nitrogens with zero attached hydrogens (tertiary/aromatic N) is 2. The maximum Gasteiger partial charge on any atom is 0.408 e. The fraction of sp³-hybridized carbons (Fsp3) is 0.400. The highest BCUT2D eigenvalue weighted by molar-refractivity contribution is 5.81. The van der Waals surface area contributed by atoms with Crippen molar-refractivity contribution in [1.29, 1.82) is 0 Å². The third-order valence-corrected chi connectivity index (χ3v) is 3.34. The van der Waals surface area contributed by atoms with Crippen molar-refractivity contribution in [1.82, 2.24) is 14.9 Å². The molecule has 0 bridgehead atoms. The van der Waals surface area contributed by atoms with Gasteiger partial charge in [-0.3, -0.25) is 9.78 Å². The summed E-state index contributed by atoms with van der Waals surface area (Å²) in [6, 6.07) is 4.75. The second-order valence-electron chi connectivity index (χ2n) is 6.12. The number of alkyl carbamates (subject to hydrolysis) is 1. The number of carbonyl (C=O) groups excluding carboxylic acids is 1. The number of amides is 1. The van der Waals surface area contributed by atoms with E-state index in [9.17, 15) is 9.59 Å². The second-order valence-corrected chi connectivity index (χ2v) is 6.12. The Balaban J connectivity index is 1.93. The summed E-state index contributed by atoms with van der Waals surface area (Å²) in [4.78, 5) is 28.1. The average Bonchev–Trinajstić information content (AvgIpc) is 2.73. The zero-order chi connectivity index (χ0) is 15.2. The summed E-state index contributed by atoms with van der Waals surface area (Å²) in [7, 11) is 0. The molecule has 21 heavy (non-hydrogen) atoms. The molecule has 0 radical (unpaired) electrons. The third-order valence-electron chi connectivity index (χ3n) is 3.34. The molecule has 2 aromatic heterocycles. The van der Waals surface area contributed by atoms with E-state index in [0.29, 0.717) is 6.54 Å². The van der Waals surface area contributed by atoms with Crippen molar-refractivity contribution in [3.63, 3.8) is 0 Å². The zero-order valence-corrected chi connectivity index (χ0v) is 12.2. The molecule has 0 saturated heterocycles. The number of aromatic nitrogens is 2. The van der Waals surface area contributed by atoms with E-state index in [0.717, 1.165) is 16.6 Å². The van der Waals surface area contributed by atoms with Crippen LogP contribution in [0.3, 0.4) is 0 Å². The molecule has 6 heteroatoms. The van der Waals surface area contributed by atoms with Crippen LogP contribution >= 0.6 is 0 Å². The van der Waals surface area contributed by atoms with Gasteiger partial charge in [-0.25, -0.2) is 4.79 Å². The Morgan fingerprint density at radius 1 is 1.38 bits per heavy atom. The summed E-state index contributed by atoms with van der Waals surface area (Å²) in [6.45, 7) is 5.83. The van der Waals surface area contributed by atoms with Gasteiger partial charge in [0.2, 0.25) is 0 Å². The molecule has 0 fully saturated rings. The van der Waals surface area contributed by atoms with Crippen molar-refractivity contribution in [2.24, 2.45) is 0 Å². The van der Waals surface area contributed by atoms with Crippen molar-refractivity contribution >= 4 is 17.1 Å². The Bertz CT molecular complexity index is 774. The minimum atomic E-state index is -0.556. The quantitative estimate of drug-likeness (QED) is 0.870. The number of ether oxygens (including phenoxy) is 1. The molecule has 1 N–H and O–H groups in total. The molecule has 0 aliphatic carbocycles. The number of rotatable bonds is 1. The van der Waals surface area contributed by atoms with Gasteiger partial charge in [-0.15, -0.1) is 0 Å². The summed E-state index contributed by atoms with van der Waals surface area (Å²) in [6.07, 6.45) is 1.19. The first-order valence-corrected chi connectivity index (χ1v) is 6.83. The number of pyridine rings is 2. The molecule has 2 aromatic rings. The largest absolute Gasteiger partial charge is 0.444 e. The Labute approximate surface area is 121 Å². The lowest BCUT2D eigenvalue weighted by Gasteiger charge is -2.21. The fourth-order valence-corrected chi connectivity index (χ4v) is 2.57. The summed E-state index contributed by atoms with van der Waals surface area (Å²) >= 11 is 0. The molecule has 6 nitrogen and oxygen atoms in total. The normalized spacial score (nSPS) is 17.0. The monoisotopic (exact) mass is 287 g/mol. The van der Waals surface area contributed by atoms with Crippen LogP contribution in [0.5, 0.6) is 0 Å². The Hall–Kier alpha value is -2.37. The predicted octanol–water partition coefficient (Wildman–Crippen LogP) is 1.98. The highest BCUT2D eigenvalue weighted by Gasteiger charge is 2.28. The first kappa shape index (κ1) is 13.6. The number of hydrogen-bond acceptors (Lipinski definition) is 4. The van der Waals surface area contributed by atoms with Crippen LogP contribution in [0, 0.1) is 0 Å². The van der Waals surface area contributed by atoms with E-state index in [2.05, 4.69) is 10.3 Å². The SMILES string of the molecule is CC(C)(C)OC(=O)N[C@@H]1Cn2c(=O)ccc3nccc1c32. The van der Waals surface area contributed by atoms with Gasteiger partial charge in [-0.2, -0.15) is 0 Å². The van der Waals surface area contributed by atoms with E-state index < -0.39 is 11.7 Å². The van der Waals surface area contributed by atoms with Crippen molar-refractivity contribution < 1.29 is 9.53 Å². The molecule has 0 spiro atoms. The standard InChI is InChI=1S/C15H17N3O3/c1-15(2,3)21-14(20)17-11-8-18-12(19)5-4-10-13(18)9(11)6-7-16-10/h4-7,11H,8H2,1-3H3,(H,17,20)/t11-/m1/s1. The van der Waals surface area contributed by atoms with Gasteiger partial charge in [-0.1, -0.05) is 0 Å². The van der Waals surface area contributed by atoms with Gasteiger partial charge in [0.25, 0.3) is 5.56 Å². The van der Waals surface area contributed by atoms with Gasteiger partial charge in [0.1, 0.15) is 5.60 Å². The van der Waals surface area contributed by atoms with E-state index in [4.69, 9.17) is 4.74 Å². The third kappa shape index (κ3) is 2.49. The summed E-state index contributed by atoms with van der Waals surface area (Å²) < 4.78 is 6.91. The van der Waals surface area contributed by atoms with Crippen LogP contribution in [0.1, 0.15) is 32.4 Å². The molecule has 1 amide bonds. The van der Waals surface area contributed by atoms with Gasteiger partial charge in [0.05, 0.1) is 23.6 Å². The van der Waals surface area contributed by atoms with E-state index >= 15 is 0 Å². The molecule has 0 aromatic carbocycles. The molecule has 0 unspecified atom stereocenters. The first-order chi connectivity index (χ1) is 9.85. The fourth-order valence-electron chi connectivity index (χ4n) is 2.57. The van der Waals surface area contributed by atoms with E-state index in [1.54, 1.807) is 16.8 Å². The van der Waals surface area contributed by atoms with Crippen LogP contribution in [0.15, 0.2) is 29.2 Å². The van der Waals surface area contributed by atoms with Crippen molar-refractivity contribution in [2.75, 3.05) is 0 Å². The van der Waals surface area contributed by atoms with Gasteiger partial charge in [-0.05, 0) is 32.9 Å². The Morgan fingerprint density at radius 2 is 2.14 bits per heavy atom. The van der Waals surface area contributed by atoms with Crippen LogP contribution in [-0.4, -0.2) is 21.2 Å². The first-order valence-electron chi connectivity index (χ1n) is 6.83. The number of hydrogen-bond donors (Lipinski definition) is 1. The topological polar surface area (TPSA) is 73.2 Å². The lowest BCUT2D eigenvalue weighted by atomic mass is 10.1. The molecule has 1 atom stereocenters. The maximum absolute atomic E-state index is 11.9. The molecular formula is C15H17N3O3. The molecule has 1 aliphatic rings. The van der Waals surface area contributed by atoms with Crippen molar-refractivity contribution in [3.05, 3.63) is 40.3 Å². The van der Waals surface area contributed by atoms with Gasteiger partial charge < -0.3 is 14.6 Å². The zero-order valence-electron chi connectivity index (χ0n) is 12.2. The van der Waals surface area contributed by atoms with Crippen LogP contribution in [0.2, 0.25) is 0 Å². The molecule has 1 aliphatic heterocycles. The van der Waals surface area contributed by atoms with E-state index in [-0.39, 0.29) is 11.6 Å². The van der Waals surface area contributed by atoms with Crippen LogP contribution < -0.4 is 10.9 Å². The number of carbonyl (C=O) groups is 1. The average molecular weight is 287 g/mol. The Morgan fingerprint density at radius 3 is 2.86 bits per heavy atom. The lowest BCUT2D eigenvalue weighted by molar-refractivity contribution is 0.0501.